The third-order valence-electron chi connectivity index (χ3n) is 3.86. The molecule has 0 atom stereocenters. The Morgan fingerprint density at radius 3 is 2.11 bits per heavy atom. The highest BCUT2D eigenvalue weighted by Gasteiger charge is 2.10. The van der Waals surface area contributed by atoms with Crippen LogP contribution in [-0.2, 0) is 13.2 Å². The van der Waals surface area contributed by atoms with E-state index in [-0.39, 0.29) is 6.61 Å². The molecule has 0 fully saturated rings. The Labute approximate surface area is 182 Å². The Morgan fingerprint density at radius 2 is 1.41 bits per heavy atom. The zero-order chi connectivity index (χ0) is 19.4. The van der Waals surface area contributed by atoms with Crippen molar-refractivity contribution in [2.75, 3.05) is 5.32 Å². The molecule has 1 N–H and O–H groups in total. The first-order valence-corrected chi connectivity index (χ1v) is 9.86. The SMILES string of the molecule is Clc1ccc(NCc2cc(Cl)ccc2OCc2c(Cl)cccc2Cl)c(Cl)c1. The predicted octanol–water partition coefficient (Wildman–Crippen LogP) is 8.14. The van der Waals surface area contributed by atoms with Gasteiger partial charge in [-0.1, -0.05) is 64.1 Å². The number of halogens is 5. The molecular weight excluding hydrogens is 447 g/mol. The molecule has 0 spiro atoms. The summed E-state index contributed by atoms with van der Waals surface area (Å²) in [7, 11) is 0. The van der Waals surface area contributed by atoms with E-state index in [1.165, 1.54) is 0 Å². The maximum atomic E-state index is 6.21. The summed E-state index contributed by atoms with van der Waals surface area (Å²) in [5.74, 6) is 0.674. The molecule has 0 aliphatic rings. The lowest BCUT2D eigenvalue weighted by Crippen LogP contribution is -2.05. The summed E-state index contributed by atoms with van der Waals surface area (Å²) < 4.78 is 5.96. The number of benzene rings is 3. The molecule has 0 unspecified atom stereocenters. The average molecular weight is 462 g/mol. The lowest BCUT2D eigenvalue weighted by molar-refractivity contribution is 0.303. The van der Waals surface area contributed by atoms with Crippen molar-refractivity contribution in [2.45, 2.75) is 13.2 Å². The summed E-state index contributed by atoms with van der Waals surface area (Å²) in [6.07, 6.45) is 0. The minimum Gasteiger partial charge on any atom is -0.488 e. The minimum atomic E-state index is 0.245. The second-order valence-electron chi connectivity index (χ2n) is 5.72. The molecule has 0 aliphatic heterocycles. The van der Waals surface area contributed by atoms with E-state index in [1.807, 2.05) is 18.2 Å². The average Bonchev–Trinajstić information content (AvgIpc) is 2.62. The molecule has 0 aliphatic carbocycles. The van der Waals surface area contributed by atoms with E-state index in [1.54, 1.807) is 36.4 Å². The van der Waals surface area contributed by atoms with E-state index >= 15 is 0 Å². The van der Waals surface area contributed by atoms with E-state index in [9.17, 15) is 0 Å². The molecule has 0 bridgehead atoms. The largest absolute Gasteiger partial charge is 0.488 e. The molecule has 0 aromatic heterocycles. The van der Waals surface area contributed by atoms with Crippen molar-refractivity contribution in [1.29, 1.82) is 0 Å². The number of hydrogen-bond acceptors (Lipinski definition) is 2. The Morgan fingerprint density at radius 1 is 0.741 bits per heavy atom. The molecule has 3 rings (SSSR count). The lowest BCUT2D eigenvalue weighted by Gasteiger charge is -2.15. The van der Waals surface area contributed by atoms with Crippen molar-refractivity contribution in [1.82, 2.24) is 0 Å². The topological polar surface area (TPSA) is 21.3 Å². The number of rotatable bonds is 6. The molecule has 3 aromatic rings. The van der Waals surface area contributed by atoms with Crippen LogP contribution in [0.4, 0.5) is 5.69 Å². The van der Waals surface area contributed by atoms with Gasteiger partial charge >= 0.3 is 0 Å². The van der Waals surface area contributed by atoms with Gasteiger partial charge < -0.3 is 10.1 Å². The quantitative estimate of drug-likeness (QED) is 0.400. The van der Waals surface area contributed by atoms with Gasteiger partial charge in [-0.3, -0.25) is 0 Å². The maximum Gasteiger partial charge on any atom is 0.124 e. The van der Waals surface area contributed by atoms with Crippen LogP contribution in [-0.4, -0.2) is 0 Å². The predicted molar refractivity (Wildman–Crippen MR) is 116 cm³/mol. The molecule has 3 aromatic carbocycles. The first kappa shape index (κ1) is 20.4. The first-order valence-electron chi connectivity index (χ1n) is 7.97. The molecule has 2 nitrogen and oxygen atoms in total. The number of nitrogens with one attached hydrogen (secondary N) is 1. The van der Waals surface area contributed by atoms with Crippen LogP contribution in [0.15, 0.2) is 54.6 Å². The molecule has 0 radical (unpaired) electrons. The van der Waals surface area contributed by atoms with E-state index in [0.29, 0.717) is 37.4 Å². The molecule has 7 heteroatoms. The van der Waals surface area contributed by atoms with Gasteiger partial charge in [0, 0.05) is 37.8 Å². The fraction of sp³-hybridized carbons (Fsp3) is 0.100. The van der Waals surface area contributed by atoms with Gasteiger partial charge in [-0.25, -0.2) is 0 Å². The van der Waals surface area contributed by atoms with E-state index in [4.69, 9.17) is 62.7 Å². The monoisotopic (exact) mass is 459 g/mol. The zero-order valence-electron chi connectivity index (χ0n) is 13.9. The van der Waals surface area contributed by atoms with Gasteiger partial charge in [0.1, 0.15) is 12.4 Å². The van der Waals surface area contributed by atoms with Crippen LogP contribution in [0.3, 0.4) is 0 Å². The van der Waals surface area contributed by atoms with Crippen LogP contribution in [0.25, 0.3) is 0 Å². The molecule has 0 saturated heterocycles. The summed E-state index contributed by atoms with van der Waals surface area (Å²) in [6, 6.07) is 16.0. The van der Waals surface area contributed by atoms with Crippen molar-refractivity contribution >= 4 is 63.7 Å². The summed E-state index contributed by atoms with van der Waals surface area (Å²) in [4.78, 5) is 0. The van der Waals surface area contributed by atoms with Gasteiger partial charge in [0.2, 0.25) is 0 Å². The van der Waals surface area contributed by atoms with Gasteiger partial charge in [-0.2, -0.15) is 0 Å². The van der Waals surface area contributed by atoms with Crippen LogP contribution in [0.2, 0.25) is 25.1 Å². The smallest absolute Gasteiger partial charge is 0.124 e. The molecule has 0 heterocycles. The van der Waals surface area contributed by atoms with E-state index < -0.39 is 0 Å². The first-order chi connectivity index (χ1) is 12.9. The summed E-state index contributed by atoms with van der Waals surface area (Å²) in [5, 5.41) is 6.11. The van der Waals surface area contributed by atoms with Gasteiger partial charge in [-0.05, 0) is 48.5 Å². The number of anilines is 1. The van der Waals surface area contributed by atoms with Gasteiger partial charge in [-0.15, -0.1) is 0 Å². The van der Waals surface area contributed by atoms with Gasteiger partial charge in [0.05, 0.1) is 10.7 Å². The Hall–Kier alpha value is -1.29. The van der Waals surface area contributed by atoms with Crippen LogP contribution < -0.4 is 10.1 Å². The molecule has 0 saturated carbocycles. The normalized spacial score (nSPS) is 10.7. The van der Waals surface area contributed by atoms with Crippen LogP contribution in [0, 0.1) is 0 Å². The Balaban J connectivity index is 1.77. The highest BCUT2D eigenvalue weighted by atomic mass is 35.5. The zero-order valence-corrected chi connectivity index (χ0v) is 17.7. The molecule has 0 amide bonds. The summed E-state index contributed by atoms with van der Waals surface area (Å²) in [5.41, 5.74) is 2.37. The summed E-state index contributed by atoms with van der Waals surface area (Å²) >= 11 is 30.7. The molecule has 140 valence electrons. The second-order valence-corrected chi connectivity index (χ2v) is 7.81. The summed E-state index contributed by atoms with van der Waals surface area (Å²) in [6.45, 7) is 0.711. The Bertz CT molecular complexity index is 941. The third-order valence-corrected chi connectivity index (χ3v) is 5.35. The number of ether oxygens (including phenoxy) is 1. The van der Waals surface area contributed by atoms with E-state index in [0.717, 1.165) is 16.8 Å². The second kappa shape index (κ2) is 9.27. The van der Waals surface area contributed by atoms with Crippen molar-refractivity contribution in [2.24, 2.45) is 0 Å². The van der Waals surface area contributed by atoms with Crippen LogP contribution >= 0.6 is 58.0 Å². The maximum absolute atomic E-state index is 6.21. The minimum absolute atomic E-state index is 0.245. The fourth-order valence-electron chi connectivity index (χ4n) is 2.47. The molecule has 27 heavy (non-hydrogen) atoms. The highest BCUT2D eigenvalue weighted by molar-refractivity contribution is 6.36. The standard InChI is InChI=1S/C20H14Cl5NO/c21-13-5-7-20(27-11-15-16(23)2-1-3-17(15)24)12(8-13)10-26-19-6-4-14(22)9-18(19)25/h1-9,26H,10-11H2. The Kier molecular flexibility index (Phi) is 7.02. The van der Waals surface area contributed by atoms with E-state index in [2.05, 4.69) is 5.32 Å². The van der Waals surface area contributed by atoms with Crippen LogP contribution in [0.5, 0.6) is 5.75 Å². The van der Waals surface area contributed by atoms with Crippen molar-refractivity contribution in [3.63, 3.8) is 0 Å². The van der Waals surface area contributed by atoms with Gasteiger partial charge in [0.25, 0.3) is 0 Å². The van der Waals surface area contributed by atoms with Crippen molar-refractivity contribution in [3.8, 4) is 5.75 Å². The fourth-order valence-corrected chi connectivity index (χ4v) is 3.65. The van der Waals surface area contributed by atoms with Crippen molar-refractivity contribution < 1.29 is 4.74 Å². The third kappa shape index (κ3) is 5.37. The molecular formula is C20H14Cl5NO. The van der Waals surface area contributed by atoms with Gasteiger partial charge in [0.15, 0.2) is 0 Å². The highest BCUT2D eigenvalue weighted by Crippen LogP contribution is 2.30. The number of hydrogen-bond donors (Lipinski definition) is 1. The van der Waals surface area contributed by atoms with Crippen molar-refractivity contribution in [3.05, 3.63) is 90.8 Å². The van der Waals surface area contributed by atoms with Crippen LogP contribution in [0.1, 0.15) is 11.1 Å². The lowest BCUT2D eigenvalue weighted by atomic mass is 10.2.